The topological polar surface area (TPSA) is 32.8 Å². The van der Waals surface area contributed by atoms with Crippen molar-refractivity contribution in [1.82, 2.24) is 9.80 Å². The van der Waals surface area contributed by atoms with Gasteiger partial charge in [-0.3, -0.25) is 9.69 Å². The van der Waals surface area contributed by atoms with Crippen LogP contribution in [0.4, 0.5) is 0 Å². The van der Waals surface area contributed by atoms with Gasteiger partial charge in [0.25, 0.3) is 0 Å². The number of carbonyl (C=O) groups excluding carboxylic acids is 1. The molecule has 2 aliphatic heterocycles. The fraction of sp³-hybridized carbons (Fsp3) is 0.900. The first-order valence-corrected chi connectivity index (χ1v) is 5.41. The molecule has 0 saturated carbocycles. The van der Waals surface area contributed by atoms with Crippen LogP contribution in [0.25, 0.3) is 0 Å². The van der Waals surface area contributed by atoms with Crippen LogP contribution in [0, 0.1) is 0 Å². The van der Waals surface area contributed by atoms with Gasteiger partial charge in [0.15, 0.2) is 0 Å². The fourth-order valence-electron chi connectivity index (χ4n) is 2.32. The van der Waals surface area contributed by atoms with Gasteiger partial charge in [0, 0.05) is 32.2 Å². The normalized spacial score (nSPS) is 30.3. The van der Waals surface area contributed by atoms with Crippen LogP contribution in [-0.2, 0) is 9.53 Å². The molecule has 2 rings (SSSR count). The lowest BCUT2D eigenvalue weighted by Gasteiger charge is -2.39. The van der Waals surface area contributed by atoms with Crippen LogP contribution in [0.5, 0.6) is 0 Å². The molecule has 0 aromatic rings. The molecule has 0 bridgehead atoms. The molecule has 2 saturated heterocycles. The summed E-state index contributed by atoms with van der Waals surface area (Å²) < 4.78 is 5.32. The summed E-state index contributed by atoms with van der Waals surface area (Å²) in [6.07, 6.45) is 3.34. The van der Waals surface area contributed by atoms with E-state index in [-0.39, 0.29) is 0 Å². The molecular weight excluding hydrogens is 180 g/mol. The van der Waals surface area contributed by atoms with Crippen LogP contribution in [0.3, 0.4) is 0 Å². The van der Waals surface area contributed by atoms with Gasteiger partial charge in [0.05, 0.1) is 13.2 Å². The van der Waals surface area contributed by atoms with E-state index >= 15 is 0 Å². The van der Waals surface area contributed by atoms with Gasteiger partial charge in [-0.05, 0) is 12.8 Å². The lowest BCUT2D eigenvalue weighted by Crippen LogP contribution is -2.51. The Bertz CT molecular complexity index is 193. The molecule has 14 heavy (non-hydrogen) atoms. The van der Waals surface area contributed by atoms with Crippen molar-refractivity contribution < 1.29 is 9.53 Å². The number of morpholine rings is 1. The molecule has 0 aromatic heterocycles. The minimum absolute atomic E-state index is 0.567. The minimum Gasteiger partial charge on any atom is -0.379 e. The zero-order valence-corrected chi connectivity index (χ0v) is 8.52. The van der Waals surface area contributed by atoms with Crippen molar-refractivity contribution in [3.63, 3.8) is 0 Å². The van der Waals surface area contributed by atoms with E-state index in [4.69, 9.17) is 4.74 Å². The molecule has 0 radical (unpaired) electrons. The number of hydrogen-bond donors (Lipinski definition) is 0. The Kier molecular flexibility index (Phi) is 3.37. The van der Waals surface area contributed by atoms with E-state index in [1.54, 1.807) is 0 Å². The van der Waals surface area contributed by atoms with Crippen molar-refractivity contribution in [1.29, 1.82) is 0 Å². The van der Waals surface area contributed by atoms with E-state index in [9.17, 15) is 4.79 Å². The lowest BCUT2D eigenvalue weighted by molar-refractivity contribution is -0.120. The molecule has 2 heterocycles. The van der Waals surface area contributed by atoms with Crippen molar-refractivity contribution in [2.24, 2.45) is 0 Å². The van der Waals surface area contributed by atoms with Crippen molar-refractivity contribution >= 4 is 6.41 Å². The molecule has 1 unspecified atom stereocenters. The van der Waals surface area contributed by atoms with E-state index < -0.39 is 0 Å². The molecule has 0 aliphatic carbocycles. The highest BCUT2D eigenvalue weighted by Gasteiger charge is 2.25. The quantitative estimate of drug-likeness (QED) is 0.583. The second kappa shape index (κ2) is 4.75. The van der Waals surface area contributed by atoms with Crippen molar-refractivity contribution in [3.05, 3.63) is 0 Å². The first-order chi connectivity index (χ1) is 6.90. The Morgan fingerprint density at radius 1 is 1.21 bits per heavy atom. The third-order valence-corrected chi connectivity index (χ3v) is 3.14. The standard InChI is InChI=1S/C10H18N2O2/c13-9-11-3-1-2-10(8-11)12-4-6-14-7-5-12/h9-10H,1-8H2. The Morgan fingerprint density at radius 3 is 2.71 bits per heavy atom. The van der Waals surface area contributed by atoms with E-state index in [1.165, 1.54) is 6.42 Å². The molecule has 0 N–H and O–H groups in total. The van der Waals surface area contributed by atoms with Gasteiger partial charge < -0.3 is 9.64 Å². The van der Waals surface area contributed by atoms with Crippen LogP contribution >= 0.6 is 0 Å². The second-order valence-corrected chi connectivity index (χ2v) is 4.04. The molecule has 0 aromatic carbocycles. The van der Waals surface area contributed by atoms with Gasteiger partial charge in [-0.2, -0.15) is 0 Å². The monoisotopic (exact) mass is 198 g/mol. The number of ether oxygens (including phenoxy) is 1. The number of piperidine rings is 1. The van der Waals surface area contributed by atoms with E-state index in [2.05, 4.69) is 4.90 Å². The van der Waals surface area contributed by atoms with Crippen LogP contribution in [-0.4, -0.2) is 61.6 Å². The first kappa shape index (κ1) is 9.93. The summed E-state index contributed by atoms with van der Waals surface area (Å²) in [5, 5.41) is 0. The highest BCUT2D eigenvalue weighted by atomic mass is 16.5. The molecule has 80 valence electrons. The predicted octanol–water partition coefficient (Wildman–Crippen LogP) is -0.0606. The van der Waals surface area contributed by atoms with Gasteiger partial charge in [0.2, 0.25) is 6.41 Å². The number of carbonyl (C=O) groups is 1. The molecule has 1 atom stereocenters. The van der Waals surface area contributed by atoms with Gasteiger partial charge in [-0.1, -0.05) is 0 Å². The van der Waals surface area contributed by atoms with E-state index in [1.807, 2.05) is 4.90 Å². The number of hydrogen-bond acceptors (Lipinski definition) is 3. The van der Waals surface area contributed by atoms with Gasteiger partial charge >= 0.3 is 0 Å². The molecule has 0 spiro atoms. The van der Waals surface area contributed by atoms with Gasteiger partial charge in [-0.25, -0.2) is 0 Å². The van der Waals surface area contributed by atoms with Gasteiger partial charge in [0.1, 0.15) is 0 Å². The smallest absolute Gasteiger partial charge is 0.209 e. The maximum atomic E-state index is 10.7. The third kappa shape index (κ3) is 2.25. The average molecular weight is 198 g/mol. The summed E-state index contributed by atoms with van der Waals surface area (Å²) >= 11 is 0. The van der Waals surface area contributed by atoms with Crippen LogP contribution in [0.2, 0.25) is 0 Å². The summed E-state index contributed by atoms with van der Waals surface area (Å²) in [5.74, 6) is 0. The molecule has 2 fully saturated rings. The summed E-state index contributed by atoms with van der Waals surface area (Å²) in [6.45, 7) is 5.58. The summed E-state index contributed by atoms with van der Waals surface area (Å²) in [5.41, 5.74) is 0. The number of likely N-dealkylation sites (tertiary alicyclic amines) is 1. The van der Waals surface area contributed by atoms with Crippen molar-refractivity contribution in [2.45, 2.75) is 18.9 Å². The Labute approximate surface area is 84.8 Å². The summed E-state index contributed by atoms with van der Waals surface area (Å²) in [4.78, 5) is 15.0. The fourth-order valence-corrected chi connectivity index (χ4v) is 2.32. The largest absolute Gasteiger partial charge is 0.379 e. The molecule has 4 nitrogen and oxygen atoms in total. The lowest BCUT2D eigenvalue weighted by atomic mass is 10.0. The highest BCUT2D eigenvalue weighted by molar-refractivity contribution is 5.47. The van der Waals surface area contributed by atoms with Crippen molar-refractivity contribution in [3.8, 4) is 0 Å². The third-order valence-electron chi connectivity index (χ3n) is 3.14. The zero-order valence-electron chi connectivity index (χ0n) is 8.52. The summed E-state index contributed by atoms with van der Waals surface area (Å²) in [6, 6.07) is 0.567. The highest BCUT2D eigenvalue weighted by Crippen LogP contribution is 2.15. The number of nitrogens with zero attached hydrogens (tertiary/aromatic N) is 2. The maximum absolute atomic E-state index is 10.7. The average Bonchev–Trinajstić information content (AvgIpc) is 2.30. The SMILES string of the molecule is O=CN1CCCC(N2CCOCC2)C1. The maximum Gasteiger partial charge on any atom is 0.209 e. The van der Waals surface area contributed by atoms with Crippen LogP contribution in [0.15, 0.2) is 0 Å². The Morgan fingerprint density at radius 2 is 2.00 bits per heavy atom. The number of rotatable bonds is 2. The van der Waals surface area contributed by atoms with E-state index in [0.717, 1.165) is 52.2 Å². The molecular formula is C10H18N2O2. The minimum atomic E-state index is 0.567. The first-order valence-electron chi connectivity index (χ1n) is 5.41. The Balaban J connectivity index is 1.86. The molecule has 2 aliphatic rings. The predicted molar refractivity (Wildman–Crippen MR) is 53.1 cm³/mol. The van der Waals surface area contributed by atoms with E-state index in [0.29, 0.717) is 6.04 Å². The van der Waals surface area contributed by atoms with Crippen LogP contribution in [0.1, 0.15) is 12.8 Å². The Hall–Kier alpha value is -0.610. The summed E-state index contributed by atoms with van der Waals surface area (Å²) in [7, 11) is 0. The van der Waals surface area contributed by atoms with Gasteiger partial charge in [-0.15, -0.1) is 0 Å². The van der Waals surface area contributed by atoms with Crippen LogP contribution < -0.4 is 0 Å². The molecule has 4 heteroatoms. The number of amides is 1. The second-order valence-electron chi connectivity index (χ2n) is 4.04. The zero-order chi connectivity index (χ0) is 9.80. The molecule has 1 amide bonds. The van der Waals surface area contributed by atoms with Crippen molar-refractivity contribution in [2.75, 3.05) is 39.4 Å².